The highest BCUT2D eigenvalue weighted by Crippen LogP contribution is 2.49. The van der Waals surface area contributed by atoms with E-state index in [1.54, 1.807) is 52.4 Å². The van der Waals surface area contributed by atoms with Gasteiger partial charge in [0.2, 0.25) is 15.9 Å². The maximum absolute atomic E-state index is 14.2. The number of ether oxygens (including phenoxy) is 2. The van der Waals surface area contributed by atoms with Crippen molar-refractivity contribution >= 4 is 15.7 Å². The number of likely N-dealkylation sites (N-methyl/N-ethyl adjacent to an activating group) is 1. The average molecular weight is 657 g/mol. The van der Waals surface area contributed by atoms with Crippen LogP contribution in [0.2, 0.25) is 0 Å². The molecule has 2 fully saturated rings. The van der Waals surface area contributed by atoms with Crippen LogP contribution < -0.4 is 19.7 Å². The Balaban J connectivity index is 1.28. The third-order valence-corrected chi connectivity index (χ3v) is 12.1. The summed E-state index contributed by atoms with van der Waals surface area (Å²) in [6.45, 7) is 7.41. The number of benzene rings is 2. The van der Waals surface area contributed by atoms with Crippen LogP contribution >= 0.6 is 0 Å². The molecule has 2 aliphatic heterocycles. The van der Waals surface area contributed by atoms with Gasteiger partial charge in [-0.25, -0.2) is 13.4 Å². The summed E-state index contributed by atoms with van der Waals surface area (Å²) >= 11 is 0. The van der Waals surface area contributed by atoms with Crippen LogP contribution in [-0.2, 0) is 10.0 Å². The molecule has 0 aliphatic carbocycles. The van der Waals surface area contributed by atoms with E-state index in [0.717, 1.165) is 62.5 Å². The van der Waals surface area contributed by atoms with Gasteiger partial charge in [0, 0.05) is 56.4 Å². The van der Waals surface area contributed by atoms with E-state index in [1.807, 2.05) is 42.7 Å². The second-order valence-electron chi connectivity index (χ2n) is 12.7. The summed E-state index contributed by atoms with van der Waals surface area (Å²) in [6, 6.07) is 18.4. The van der Waals surface area contributed by atoms with Gasteiger partial charge in [0.1, 0.15) is 18.2 Å². The standard InChI is InChI=1S/C36H44N6O4S/c1-26-22-30(45-4)23-27(2)34(26)47(43,44)41(3)32(28-8-6-5-7-9-28)25-46-33-12-18-39-35(40-33)31-24-42(29-10-16-37-17-11-29)21-15-36(31)13-19-38-20-14-36/h5-12,16-18,22-23,31-32,38H,13-15,19-21,24-25H2,1-4H3. The summed E-state index contributed by atoms with van der Waals surface area (Å²) in [6.07, 6.45) is 8.63. The Bertz CT molecular complexity index is 1740. The van der Waals surface area contributed by atoms with Gasteiger partial charge in [-0.05, 0) is 92.6 Å². The Hall–Kier alpha value is -4.06. The van der Waals surface area contributed by atoms with Crippen molar-refractivity contribution < 1.29 is 17.9 Å². The van der Waals surface area contributed by atoms with E-state index < -0.39 is 16.1 Å². The molecule has 47 heavy (non-hydrogen) atoms. The number of nitrogens with zero attached hydrogens (tertiary/aromatic N) is 5. The van der Waals surface area contributed by atoms with E-state index in [2.05, 4.69) is 27.3 Å². The molecule has 2 aromatic heterocycles. The van der Waals surface area contributed by atoms with E-state index >= 15 is 0 Å². The van der Waals surface area contributed by atoms with Crippen molar-refractivity contribution in [2.45, 2.75) is 50.0 Å². The Morgan fingerprint density at radius 2 is 1.70 bits per heavy atom. The molecule has 1 N–H and O–H groups in total. The molecule has 0 saturated carbocycles. The lowest BCUT2D eigenvalue weighted by molar-refractivity contribution is 0.118. The van der Waals surface area contributed by atoms with Gasteiger partial charge in [0.05, 0.1) is 18.0 Å². The molecule has 2 aromatic carbocycles. The zero-order valence-corrected chi connectivity index (χ0v) is 28.4. The molecule has 11 heteroatoms. The normalized spacial score (nSPS) is 18.7. The fraction of sp³-hybridized carbons (Fsp3) is 0.417. The number of anilines is 1. The molecule has 0 amide bonds. The largest absolute Gasteiger partial charge is 0.497 e. The summed E-state index contributed by atoms with van der Waals surface area (Å²) in [5.41, 5.74) is 3.33. The van der Waals surface area contributed by atoms with Gasteiger partial charge in [-0.15, -0.1) is 0 Å². The van der Waals surface area contributed by atoms with Crippen molar-refractivity contribution in [1.29, 1.82) is 0 Å². The Kier molecular flexibility index (Phi) is 9.77. The lowest BCUT2D eigenvalue weighted by atomic mass is 9.64. The second-order valence-corrected chi connectivity index (χ2v) is 14.6. The van der Waals surface area contributed by atoms with Crippen LogP contribution in [0.15, 0.2) is 84.1 Å². The lowest BCUT2D eigenvalue weighted by Crippen LogP contribution is -2.51. The zero-order valence-electron chi connectivity index (χ0n) is 27.6. The highest BCUT2D eigenvalue weighted by Gasteiger charge is 2.46. The van der Waals surface area contributed by atoms with Crippen LogP contribution in [0.25, 0.3) is 0 Å². The summed E-state index contributed by atoms with van der Waals surface area (Å²) in [7, 11) is -0.715. The first-order chi connectivity index (χ1) is 22.7. The molecule has 2 unspecified atom stereocenters. The molecular formula is C36H44N6O4S. The number of nitrogens with one attached hydrogen (secondary N) is 1. The molecule has 2 atom stereocenters. The molecule has 248 valence electrons. The van der Waals surface area contributed by atoms with Crippen LogP contribution in [0.4, 0.5) is 5.69 Å². The van der Waals surface area contributed by atoms with Crippen molar-refractivity contribution in [3.63, 3.8) is 0 Å². The number of hydrogen-bond donors (Lipinski definition) is 1. The van der Waals surface area contributed by atoms with Crippen molar-refractivity contribution in [2.75, 3.05) is 51.8 Å². The first-order valence-corrected chi connectivity index (χ1v) is 17.7. The monoisotopic (exact) mass is 656 g/mol. The maximum Gasteiger partial charge on any atom is 0.244 e. The quantitative estimate of drug-likeness (QED) is 0.243. The fourth-order valence-corrected chi connectivity index (χ4v) is 9.04. The molecule has 6 rings (SSSR count). The SMILES string of the molecule is COc1cc(C)c(S(=O)(=O)N(C)C(COc2ccnc(C3CN(c4ccncc4)CCC34CCNCC4)n2)c2ccccc2)c(C)c1. The smallest absolute Gasteiger partial charge is 0.244 e. The molecular weight excluding hydrogens is 613 g/mol. The fourth-order valence-electron chi connectivity index (χ4n) is 7.31. The van der Waals surface area contributed by atoms with Gasteiger partial charge in [-0.1, -0.05) is 30.3 Å². The predicted molar refractivity (Wildman–Crippen MR) is 182 cm³/mol. The summed E-state index contributed by atoms with van der Waals surface area (Å²) < 4.78 is 41.5. The third kappa shape index (κ3) is 6.83. The van der Waals surface area contributed by atoms with Gasteiger partial charge in [0.15, 0.2) is 0 Å². The van der Waals surface area contributed by atoms with Crippen LogP contribution in [0.1, 0.15) is 53.7 Å². The van der Waals surface area contributed by atoms with Crippen LogP contribution in [0.5, 0.6) is 11.6 Å². The second kappa shape index (κ2) is 14.0. The number of aromatic nitrogens is 3. The van der Waals surface area contributed by atoms with Crippen molar-refractivity contribution in [1.82, 2.24) is 24.6 Å². The predicted octanol–water partition coefficient (Wildman–Crippen LogP) is 5.30. The molecule has 0 radical (unpaired) electrons. The van der Waals surface area contributed by atoms with Crippen molar-refractivity contribution in [2.24, 2.45) is 5.41 Å². The van der Waals surface area contributed by atoms with E-state index in [-0.39, 0.29) is 22.8 Å². The van der Waals surface area contributed by atoms with Crippen molar-refractivity contribution in [3.05, 3.63) is 102 Å². The minimum atomic E-state index is -3.90. The van der Waals surface area contributed by atoms with Gasteiger partial charge in [0.25, 0.3) is 0 Å². The minimum absolute atomic E-state index is 0.0767. The number of sulfonamides is 1. The highest BCUT2D eigenvalue weighted by atomic mass is 32.2. The maximum atomic E-state index is 14.2. The average Bonchev–Trinajstić information content (AvgIpc) is 3.09. The first-order valence-electron chi connectivity index (χ1n) is 16.2. The molecule has 1 spiro atoms. The molecule has 2 saturated heterocycles. The highest BCUT2D eigenvalue weighted by molar-refractivity contribution is 7.89. The van der Waals surface area contributed by atoms with E-state index in [1.165, 1.54) is 4.31 Å². The number of rotatable bonds is 10. The molecule has 0 bridgehead atoms. The van der Waals surface area contributed by atoms with Gasteiger partial charge < -0.3 is 19.7 Å². The molecule has 2 aliphatic rings. The zero-order chi connectivity index (χ0) is 33.0. The molecule has 4 heterocycles. The lowest BCUT2D eigenvalue weighted by Gasteiger charge is -2.50. The van der Waals surface area contributed by atoms with E-state index in [0.29, 0.717) is 22.8 Å². The number of aryl methyl sites for hydroxylation is 2. The van der Waals surface area contributed by atoms with E-state index in [4.69, 9.17) is 19.4 Å². The van der Waals surface area contributed by atoms with Crippen molar-refractivity contribution in [3.8, 4) is 11.6 Å². The molecule has 4 aromatic rings. The van der Waals surface area contributed by atoms with Gasteiger partial charge in [-0.2, -0.15) is 9.29 Å². The van der Waals surface area contributed by atoms with Crippen LogP contribution in [-0.4, -0.2) is 74.6 Å². The van der Waals surface area contributed by atoms with Crippen LogP contribution in [0.3, 0.4) is 0 Å². The van der Waals surface area contributed by atoms with E-state index in [9.17, 15) is 8.42 Å². The van der Waals surface area contributed by atoms with Gasteiger partial charge >= 0.3 is 0 Å². The topological polar surface area (TPSA) is 110 Å². The number of methoxy groups -OCH3 is 1. The van der Waals surface area contributed by atoms with Crippen LogP contribution in [0, 0.1) is 19.3 Å². The molecule has 10 nitrogen and oxygen atoms in total. The number of piperidine rings is 2. The Labute approximate surface area is 278 Å². The summed E-state index contributed by atoms with van der Waals surface area (Å²) in [5, 5.41) is 3.53. The summed E-state index contributed by atoms with van der Waals surface area (Å²) in [4.78, 5) is 16.7. The third-order valence-electron chi connectivity index (χ3n) is 9.93. The first kappa shape index (κ1) is 32.9. The number of hydrogen-bond acceptors (Lipinski definition) is 9. The Morgan fingerprint density at radius 3 is 2.38 bits per heavy atom. The van der Waals surface area contributed by atoms with Gasteiger partial charge in [-0.3, -0.25) is 4.98 Å². The Morgan fingerprint density at radius 1 is 1.00 bits per heavy atom. The number of pyridine rings is 1. The minimum Gasteiger partial charge on any atom is -0.497 e. The summed E-state index contributed by atoms with van der Waals surface area (Å²) in [5.74, 6) is 1.94.